The Morgan fingerprint density at radius 1 is 1.17 bits per heavy atom. The van der Waals surface area contributed by atoms with Crippen LogP contribution in [0.25, 0.3) is 0 Å². The Kier molecular flexibility index (Phi) is 5.87. The first-order valence-corrected chi connectivity index (χ1v) is 8.86. The molecule has 6 heteroatoms. The van der Waals surface area contributed by atoms with Crippen LogP contribution in [-0.4, -0.2) is 22.1 Å². The van der Waals surface area contributed by atoms with Crippen LogP contribution in [0.15, 0.2) is 48.5 Å². The van der Waals surface area contributed by atoms with Gasteiger partial charge in [0, 0.05) is 13.7 Å². The van der Waals surface area contributed by atoms with E-state index in [-0.39, 0.29) is 24.2 Å². The molecule has 1 N–H and O–H groups in total. The lowest BCUT2D eigenvalue weighted by molar-refractivity contribution is 0.107. The van der Waals surface area contributed by atoms with Crippen molar-refractivity contribution in [3.8, 4) is 0 Å². The molecule has 0 spiro atoms. The third-order valence-corrected chi connectivity index (χ3v) is 4.89. The first-order valence-electron chi connectivity index (χ1n) is 7.21. The molecule has 23 heavy (non-hydrogen) atoms. The lowest BCUT2D eigenvalue weighted by Crippen LogP contribution is -2.30. The highest BCUT2D eigenvalue weighted by atomic mass is 32.2. The van der Waals surface area contributed by atoms with Crippen molar-refractivity contribution < 1.29 is 17.5 Å². The van der Waals surface area contributed by atoms with Crippen molar-refractivity contribution in [3.63, 3.8) is 0 Å². The molecule has 2 rings (SSSR count). The molecule has 0 heterocycles. The SMILES string of the molecule is COC(CNS(=O)(=O)Cc1ccc(F)cc1C)c1ccccc1. The maximum Gasteiger partial charge on any atom is 0.215 e. The second kappa shape index (κ2) is 7.68. The Labute approximate surface area is 136 Å². The van der Waals surface area contributed by atoms with E-state index in [4.69, 9.17) is 4.74 Å². The van der Waals surface area contributed by atoms with Gasteiger partial charge in [0.2, 0.25) is 10.0 Å². The zero-order valence-electron chi connectivity index (χ0n) is 13.1. The van der Waals surface area contributed by atoms with E-state index in [9.17, 15) is 12.8 Å². The van der Waals surface area contributed by atoms with Crippen molar-refractivity contribution in [2.75, 3.05) is 13.7 Å². The fraction of sp³-hybridized carbons (Fsp3) is 0.294. The van der Waals surface area contributed by atoms with Gasteiger partial charge in [0.05, 0.1) is 11.9 Å². The van der Waals surface area contributed by atoms with E-state index < -0.39 is 10.0 Å². The van der Waals surface area contributed by atoms with E-state index in [0.29, 0.717) is 11.1 Å². The fourth-order valence-electron chi connectivity index (χ4n) is 2.28. The quantitative estimate of drug-likeness (QED) is 0.845. The summed E-state index contributed by atoms with van der Waals surface area (Å²) in [6, 6.07) is 13.5. The van der Waals surface area contributed by atoms with Gasteiger partial charge in [-0.3, -0.25) is 0 Å². The molecule has 124 valence electrons. The van der Waals surface area contributed by atoms with E-state index in [2.05, 4.69) is 4.72 Å². The summed E-state index contributed by atoms with van der Waals surface area (Å²) in [5.74, 6) is -0.565. The standard InChI is InChI=1S/C17H20FNO3S/c1-13-10-16(18)9-8-15(13)12-23(20,21)19-11-17(22-2)14-6-4-3-5-7-14/h3-10,17,19H,11-12H2,1-2H3. The Morgan fingerprint density at radius 2 is 1.87 bits per heavy atom. The van der Waals surface area contributed by atoms with E-state index in [1.54, 1.807) is 6.92 Å². The molecule has 0 aliphatic rings. The van der Waals surface area contributed by atoms with Crippen LogP contribution in [0.5, 0.6) is 0 Å². The van der Waals surface area contributed by atoms with Gasteiger partial charge in [-0.25, -0.2) is 17.5 Å². The molecule has 4 nitrogen and oxygen atoms in total. The summed E-state index contributed by atoms with van der Waals surface area (Å²) in [5, 5.41) is 0. The van der Waals surface area contributed by atoms with Gasteiger partial charge in [-0.05, 0) is 35.7 Å². The molecule has 0 saturated carbocycles. The molecule has 0 radical (unpaired) electrons. The summed E-state index contributed by atoms with van der Waals surface area (Å²) in [6.07, 6.45) is -0.361. The molecule has 0 fully saturated rings. The molecular formula is C17H20FNO3S. The van der Waals surface area contributed by atoms with Crippen LogP contribution in [0.3, 0.4) is 0 Å². The van der Waals surface area contributed by atoms with Gasteiger partial charge in [-0.1, -0.05) is 36.4 Å². The molecule has 0 aliphatic carbocycles. The van der Waals surface area contributed by atoms with Crippen LogP contribution in [0.4, 0.5) is 4.39 Å². The molecule has 0 saturated heterocycles. The number of rotatable bonds is 7. The predicted octanol–water partition coefficient (Wildman–Crippen LogP) is 2.94. The predicted molar refractivity (Wildman–Crippen MR) is 88.0 cm³/mol. The number of methoxy groups -OCH3 is 1. The van der Waals surface area contributed by atoms with Crippen molar-refractivity contribution in [2.45, 2.75) is 18.8 Å². The van der Waals surface area contributed by atoms with E-state index in [1.807, 2.05) is 30.3 Å². The molecular weight excluding hydrogens is 317 g/mol. The van der Waals surface area contributed by atoms with E-state index in [0.717, 1.165) is 5.56 Å². The molecule has 2 aromatic carbocycles. The minimum Gasteiger partial charge on any atom is -0.375 e. The summed E-state index contributed by atoms with van der Waals surface area (Å²) in [5.41, 5.74) is 2.09. The van der Waals surface area contributed by atoms with Crippen molar-refractivity contribution in [2.24, 2.45) is 0 Å². The number of halogens is 1. The topological polar surface area (TPSA) is 55.4 Å². The zero-order valence-corrected chi connectivity index (χ0v) is 13.9. The number of sulfonamides is 1. The summed E-state index contributed by atoms with van der Waals surface area (Å²) in [7, 11) is -2.00. The first kappa shape index (κ1) is 17.6. The van der Waals surface area contributed by atoms with Crippen LogP contribution in [0.1, 0.15) is 22.8 Å². The highest BCUT2D eigenvalue weighted by molar-refractivity contribution is 7.88. The Balaban J connectivity index is 2.03. The van der Waals surface area contributed by atoms with Gasteiger partial charge >= 0.3 is 0 Å². The van der Waals surface area contributed by atoms with Gasteiger partial charge in [-0.15, -0.1) is 0 Å². The summed E-state index contributed by atoms with van der Waals surface area (Å²) >= 11 is 0. The summed E-state index contributed by atoms with van der Waals surface area (Å²) in [4.78, 5) is 0. The average molecular weight is 337 g/mol. The van der Waals surface area contributed by atoms with Crippen LogP contribution < -0.4 is 4.72 Å². The van der Waals surface area contributed by atoms with Gasteiger partial charge in [0.15, 0.2) is 0 Å². The maximum atomic E-state index is 13.1. The normalized spacial score (nSPS) is 13.0. The Bertz CT molecular complexity index is 748. The highest BCUT2D eigenvalue weighted by Gasteiger charge is 2.17. The zero-order chi connectivity index (χ0) is 16.9. The van der Waals surface area contributed by atoms with Crippen LogP contribution in [0, 0.1) is 12.7 Å². The lowest BCUT2D eigenvalue weighted by atomic mass is 10.1. The van der Waals surface area contributed by atoms with Crippen molar-refractivity contribution >= 4 is 10.0 Å². The largest absolute Gasteiger partial charge is 0.375 e. The molecule has 0 amide bonds. The molecule has 1 atom stereocenters. The van der Waals surface area contributed by atoms with Crippen molar-refractivity contribution in [3.05, 3.63) is 71.0 Å². The van der Waals surface area contributed by atoms with Gasteiger partial charge in [0.1, 0.15) is 5.82 Å². The summed E-state index contributed by atoms with van der Waals surface area (Å²) in [6.45, 7) is 1.83. The number of nitrogens with one attached hydrogen (secondary N) is 1. The minimum atomic E-state index is -3.54. The van der Waals surface area contributed by atoms with Crippen LogP contribution >= 0.6 is 0 Å². The number of hydrogen-bond acceptors (Lipinski definition) is 3. The number of benzene rings is 2. The molecule has 0 aliphatic heterocycles. The van der Waals surface area contributed by atoms with Crippen LogP contribution in [-0.2, 0) is 20.5 Å². The Morgan fingerprint density at radius 3 is 2.48 bits per heavy atom. The number of aryl methyl sites for hydroxylation is 1. The Hall–Kier alpha value is -1.76. The van der Waals surface area contributed by atoms with Gasteiger partial charge in [-0.2, -0.15) is 0 Å². The number of hydrogen-bond donors (Lipinski definition) is 1. The van der Waals surface area contributed by atoms with Crippen molar-refractivity contribution in [1.82, 2.24) is 4.72 Å². The summed E-state index contributed by atoms with van der Waals surface area (Å²) < 4.78 is 45.4. The number of ether oxygens (including phenoxy) is 1. The van der Waals surface area contributed by atoms with Crippen molar-refractivity contribution in [1.29, 1.82) is 0 Å². The van der Waals surface area contributed by atoms with Crippen LogP contribution in [0.2, 0.25) is 0 Å². The average Bonchev–Trinajstić information content (AvgIpc) is 2.52. The van der Waals surface area contributed by atoms with Gasteiger partial charge < -0.3 is 4.74 Å². The highest BCUT2D eigenvalue weighted by Crippen LogP contribution is 2.17. The maximum absolute atomic E-state index is 13.1. The molecule has 0 bridgehead atoms. The molecule has 0 aromatic heterocycles. The monoisotopic (exact) mass is 337 g/mol. The van der Waals surface area contributed by atoms with Gasteiger partial charge in [0.25, 0.3) is 0 Å². The molecule has 2 aromatic rings. The second-order valence-electron chi connectivity index (χ2n) is 5.31. The lowest BCUT2D eigenvalue weighted by Gasteiger charge is -2.17. The van der Waals surface area contributed by atoms with E-state index >= 15 is 0 Å². The molecule has 1 unspecified atom stereocenters. The first-order chi connectivity index (χ1) is 10.9. The third kappa shape index (κ3) is 5.13. The fourth-order valence-corrected chi connectivity index (χ4v) is 3.53. The smallest absolute Gasteiger partial charge is 0.215 e. The van der Waals surface area contributed by atoms with E-state index in [1.165, 1.54) is 25.3 Å². The minimum absolute atomic E-state index is 0.142. The third-order valence-electron chi connectivity index (χ3n) is 3.59. The second-order valence-corrected chi connectivity index (χ2v) is 7.12.